The summed E-state index contributed by atoms with van der Waals surface area (Å²) in [5.41, 5.74) is 4.08. The van der Waals surface area contributed by atoms with Crippen molar-refractivity contribution in [1.29, 1.82) is 0 Å². The Labute approximate surface area is 236 Å². The molecule has 0 bridgehead atoms. The molecule has 2 heterocycles. The lowest BCUT2D eigenvalue weighted by Gasteiger charge is -2.15. The van der Waals surface area contributed by atoms with Gasteiger partial charge in [0, 0.05) is 29.4 Å². The fraction of sp³-hybridized carbons (Fsp3) is 0.258. The molecule has 1 aliphatic carbocycles. The Bertz CT molecular complexity index is 1600. The van der Waals surface area contributed by atoms with Crippen LogP contribution in [0.15, 0.2) is 77.7 Å². The molecule has 2 aliphatic rings. The second-order valence-electron chi connectivity index (χ2n) is 10.0. The van der Waals surface area contributed by atoms with Gasteiger partial charge in [0.1, 0.15) is 5.75 Å². The van der Waals surface area contributed by atoms with Crippen molar-refractivity contribution < 1.29 is 14.3 Å². The highest BCUT2D eigenvalue weighted by atomic mass is 35.5. The van der Waals surface area contributed by atoms with Crippen LogP contribution in [0.5, 0.6) is 11.5 Å². The molecule has 0 saturated carbocycles. The maximum absolute atomic E-state index is 13.7. The van der Waals surface area contributed by atoms with Crippen LogP contribution >= 0.6 is 11.6 Å². The molecule has 9 heteroatoms. The number of amides is 1. The summed E-state index contributed by atoms with van der Waals surface area (Å²) < 4.78 is 13.1. The van der Waals surface area contributed by atoms with Crippen molar-refractivity contribution in [1.82, 2.24) is 15.1 Å². The number of carbonyl (C=O) groups excluding carboxylic acids is 1. The van der Waals surface area contributed by atoms with Crippen LogP contribution in [-0.4, -0.2) is 34.9 Å². The van der Waals surface area contributed by atoms with Gasteiger partial charge in [0.15, 0.2) is 11.4 Å². The molecule has 2 N–H and O–H groups in total. The van der Waals surface area contributed by atoms with E-state index in [1.807, 2.05) is 12.1 Å². The number of benzene rings is 3. The summed E-state index contributed by atoms with van der Waals surface area (Å²) in [5, 5.41) is 11.0. The fourth-order valence-electron chi connectivity index (χ4n) is 5.12. The smallest absolute Gasteiger partial charge is 0.299 e. The highest BCUT2D eigenvalue weighted by Gasteiger charge is 2.19. The lowest BCUT2D eigenvalue weighted by atomic mass is 10.1. The third-order valence-corrected chi connectivity index (χ3v) is 7.46. The lowest BCUT2D eigenvalue weighted by Crippen LogP contribution is -2.31. The number of hydrogen-bond donors (Lipinski definition) is 2. The van der Waals surface area contributed by atoms with Gasteiger partial charge in [0.25, 0.3) is 11.5 Å². The van der Waals surface area contributed by atoms with Gasteiger partial charge in [-0.3, -0.25) is 9.59 Å². The zero-order valence-electron chi connectivity index (χ0n) is 21.9. The summed E-state index contributed by atoms with van der Waals surface area (Å²) in [4.78, 5) is 26.3. The summed E-state index contributed by atoms with van der Waals surface area (Å²) in [6.07, 6.45) is 6.78. The topological polar surface area (TPSA) is 94.5 Å². The first-order valence-corrected chi connectivity index (χ1v) is 13.9. The van der Waals surface area contributed by atoms with Gasteiger partial charge in [-0.25, -0.2) is 0 Å². The number of nitrogens with zero attached hydrogens (tertiary/aromatic N) is 2. The third kappa shape index (κ3) is 5.73. The number of carbonyl (C=O) groups is 1. The molecule has 1 aromatic heterocycles. The summed E-state index contributed by atoms with van der Waals surface area (Å²) in [5.74, 6) is 0.762. The van der Waals surface area contributed by atoms with Gasteiger partial charge < -0.3 is 20.1 Å². The highest BCUT2D eigenvalue weighted by molar-refractivity contribution is 6.30. The van der Waals surface area contributed by atoms with Gasteiger partial charge in [0.2, 0.25) is 0 Å². The van der Waals surface area contributed by atoms with Crippen molar-refractivity contribution in [3.05, 3.63) is 105 Å². The minimum absolute atomic E-state index is 0.0716. The summed E-state index contributed by atoms with van der Waals surface area (Å²) in [7, 11) is 0. The molecule has 1 atom stereocenters. The highest BCUT2D eigenvalue weighted by Crippen LogP contribution is 2.32. The molecule has 1 saturated heterocycles. The summed E-state index contributed by atoms with van der Waals surface area (Å²) in [6.45, 7) is 1.23. The van der Waals surface area contributed by atoms with E-state index in [1.165, 1.54) is 22.0 Å². The van der Waals surface area contributed by atoms with Crippen LogP contribution < -0.4 is 20.9 Å². The van der Waals surface area contributed by atoms with Crippen LogP contribution in [-0.2, 0) is 17.6 Å². The average molecular weight is 557 g/mol. The lowest BCUT2D eigenvalue weighted by molar-refractivity contribution is 0.0858. The quantitative estimate of drug-likeness (QED) is 0.284. The standard InChI is InChI=1S/C31H29ClN4O4/c32-23-6-2-7-25(17-23)36-31(38)29(28(19-34-36)40-26-14-11-20-4-1-5-22(20)16-26)35-24-12-9-21(10-13-24)30(37)33-18-27-8-3-15-39-27/h2,6-7,9-14,16-17,19,27,35H,1,3-5,8,15,18H2,(H,33,37)/t27-/m0/s1. The van der Waals surface area contributed by atoms with E-state index >= 15 is 0 Å². The predicted octanol–water partition coefficient (Wildman–Crippen LogP) is 5.82. The number of anilines is 2. The molecule has 1 amide bonds. The Morgan fingerprint density at radius 2 is 1.90 bits per heavy atom. The number of fused-ring (bicyclic) bond motifs is 1. The molecule has 6 rings (SSSR count). The number of ether oxygens (including phenoxy) is 2. The number of hydrogen-bond acceptors (Lipinski definition) is 6. The second-order valence-corrected chi connectivity index (χ2v) is 10.5. The second kappa shape index (κ2) is 11.5. The van der Waals surface area contributed by atoms with Crippen molar-refractivity contribution in [3.63, 3.8) is 0 Å². The maximum Gasteiger partial charge on any atom is 0.299 e. The first-order valence-electron chi connectivity index (χ1n) is 13.5. The number of aromatic nitrogens is 2. The molecule has 1 aliphatic heterocycles. The van der Waals surface area contributed by atoms with Gasteiger partial charge in [-0.15, -0.1) is 0 Å². The van der Waals surface area contributed by atoms with Crippen LogP contribution in [0.4, 0.5) is 11.4 Å². The normalized spacial score (nSPS) is 16.0. The van der Waals surface area contributed by atoms with Crippen LogP contribution in [0.1, 0.15) is 40.7 Å². The minimum Gasteiger partial charge on any atom is -0.453 e. The molecule has 40 heavy (non-hydrogen) atoms. The number of nitrogens with one attached hydrogen (secondary N) is 2. The van der Waals surface area contributed by atoms with Crippen LogP contribution in [0.3, 0.4) is 0 Å². The molecule has 0 spiro atoms. The molecule has 3 aromatic carbocycles. The minimum atomic E-state index is -0.403. The average Bonchev–Trinajstić information content (AvgIpc) is 3.66. The molecule has 0 unspecified atom stereocenters. The van der Waals surface area contributed by atoms with Crippen molar-refractivity contribution in [2.24, 2.45) is 0 Å². The van der Waals surface area contributed by atoms with Gasteiger partial charge >= 0.3 is 0 Å². The predicted molar refractivity (Wildman–Crippen MR) is 154 cm³/mol. The van der Waals surface area contributed by atoms with Crippen molar-refractivity contribution in [2.75, 3.05) is 18.5 Å². The van der Waals surface area contributed by atoms with Crippen molar-refractivity contribution in [2.45, 2.75) is 38.2 Å². The van der Waals surface area contributed by atoms with Gasteiger partial charge in [-0.1, -0.05) is 23.7 Å². The summed E-state index contributed by atoms with van der Waals surface area (Å²) >= 11 is 6.18. The Hall–Kier alpha value is -4.14. The van der Waals surface area contributed by atoms with E-state index in [9.17, 15) is 9.59 Å². The fourth-order valence-corrected chi connectivity index (χ4v) is 5.31. The van der Waals surface area contributed by atoms with E-state index in [0.717, 1.165) is 38.7 Å². The first-order chi connectivity index (χ1) is 19.5. The van der Waals surface area contributed by atoms with Crippen LogP contribution in [0.2, 0.25) is 5.02 Å². The zero-order valence-corrected chi connectivity index (χ0v) is 22.6. The van der Waals surface area contributed by atoms with E-state index < -0.39 is 5.56 Å². The van der Waals surface area contributed by atoms with E-state index in [0.29, 0.717) is 40.0 Å². The molecule has 204 valence electrons. The van der Waals surface area contributed by atoms with Gasteiger partial charge in [-0.05, 0) is 97.8 Å². The Kier molecular flexibility index (Phi) is 7.53. The number of aryl methyl sites for hydroxylation is 2. The molecule has 1 fully saturated rings. The molecule has 4 aromatic rings. The van der Waals surface area contributed by atoms with Crippen molar-refractivity contribution in [3.8, 4) is 17.2 Å². The van der Waals surface area contributed by atoms with Crippen molar-refractivity contribution >= 4 is 28.9 Å². The molecule has 0 radical (unpaired) electrons. The maximum atomic E-state index is 13.7. The van der Waals surface area contributed by atoms with Crippen LogP contribution in [0.25, 0.3) is 5.69 Å². The molecular weight excluding hydrogens is 528 g/mol. The summed E-state index contributed by atoms with van der Waals surface area (Å²) in [6, 6.07) is 19.9. The van der Waals surface area contributed by atoms with E-state index in [2.05, 4.69) is 21.8 Å². The Morgan fingerprint density at radius 3 is 2.70 bits per heavy atom. The molecule has 8 nitrogen and oxygen atoms in total. The third-order valence-electron chi connectivity index (χ3n) is 7.22. The number of halogens is 1. The number of rotatable bonds is 8. The van der Waals surface area contributed by atoms with E-state index in [1.54, 1.807) is 48.5 Å². The Morgan fingerprint density at radius 1 is 1.05 bits per heavy atom. The van der Waals surface area contributed by atoms with Gasteiger partial charge in [-0.2, -0.15) is 9.78 Å². The zero-order chi connectivity index (χ0) is 27.5. The van der Waals surface area contributed by atoms with Crippen LogP contribution in [0, 0.1) is 0 Å². The largest absolute Gasteiger partial charge is 0.453 e. The van der Waals surface area contributed by atoms with E-state index in [-0.39, 0.29) is 17.7 Å². The Balaban J connectivity index is 1.28. The SMILES string of the molecule is O=C(NC[C@@H]1CCCO1)c1ccc(Nc2c(Oc3ccc4c(c3)CCC4)cnn(-c3cccc(Cl)c3)c2=O)cc1. The first kappa shape index (κ1) is 26.1. The van der Waals surface area contributed by atoms with Gasteiger partial charge in [0.05, 0.1) is 18.0 Å². The van der Waals surface area contributed by atoms with E-state index in [4.69, 9.17) is 21.1 Å². The molecular formula is C31H29ClN4O4. The monoisotopic (exact) mass is 556 g/mol.